The molecule has 128 valence electrons. The van der Waals surface area contributed by atoms with Crippen LogP contribution in [0.25, 0.3) is 0 Å². The third-order valence-corrected chi connectivity index (χ3v) is 6.33. The number of amides is 1. The molecule has 1 aromatic carbocycles. The molecule has 2 rings (SSSR count). The van der Waals surface area contributed by atoms with Crippen molar-refractivity contribution in [3.05, 3.63) is 22.7 Å². The SMILES string of the molecule is CCOc1cc(C)c(Cl)cc1S(=O)(=O)N1CCC(C(N)=O)CC1. The van der Waals surface area contributed by atoms with Crippen LogP contribution in [0.1, 0.15) is 25.3 Å². The molecule has 23 heavy (non-hydrogen) atoms. The van der Waals surface area contributed by atoms with E-state index in [0.29, 0.717) is 30.2 Å². The number of hydrogen-bond donors (Lipinski definition) is 1. The van der Waals surface area contributed by atoms with Gasteiger partial charge in [-0.2, -0.15) is 4.31 Å². The normalized spacial score (nSPS) is 17.2. The summed E-state index contributed by atoms with van der Waals surface area (Å²) in [5, 5.41) is 0.374. The van der Waals surface area contributed by atoms with Gasteiger partial charge in [-0.05, 0) is 44.4 Å². The highest BCUT2D eigenvalue weighted by atomic mass is 35.5. The Morgan fingerprint density at radius 2 is 2.00 bits per heavy atom. The number of carbonyl (C=O) groups excluding carboxylic acids is 1. The fourth-order valence-corrected chi connectivity index (χ4v) is 4.46. The number of primary amides is 1. The lowest BCUT2D eigenvalue weighted by atomic mass is 9.98. The second-order valence-corrected chi connectivity index (χ2v) is 7.88. The Kier molecular flexibility index (Phi) is 5.54. The lowest BCUT2D eigenvalue weighted by Gasteiger charge is -2.30. The van der Waals surface area contributed by atoms with Gasteiger partial charge >= 0.3 is 0 Å². The number of piperidine rings is 1. The van der Waals surface area contributed by atoms with Gasteiger partial charge in [0.05, 0.1) is 6.61 Å². The molecule has 1 aromatic rings. The van der Waals surface area contributed by atoms with Crippen molar-refractivity contribution >= 4 is 27.5 Å². The minimum absolute atomic E-state index is 0.0625. The first-order valence-electron chi connectivity index (χ1n) is 7.49. The number of ether oxygens (including phenoxy) is 1. The molecule has 0 bridgehead atoms. The molecule has 0 atom stereocenters. The van der Waals surface area contributed by atoms with E-state index >= 15 is 0 Å². The second-order valence-electron chi connectivity index (χ2n) is 5.56. The van der Waals surface area contributed by atoms with Crippen LogP contribution in [0.2, 0.25) is 5.02 Å². The van der Waals surface area contributed by atoms with Crippen LogP contribution < -0.4 is 10.5 Å². The summed E-state index contributed by atoms with van der Waals surface area (Å²) in [4.78, 5) is 11.3. The van der Waals surface area contributed by atoms with Crippen molar-refractivity contribution < 1.29 is 17.9 Å². The number of carbonyl (C=O) groups is 1. The Morgan fingerprint density at radius 1 is 1.39 bits per heavy atom. The van der Waals surface area contributed by atoms with Gasteiger partial charge in [-0.15, -0.1) is 0 Å². The van der Waals surface area contributed by atoms with Crippen LogP contribution >= 0.6 is 11.6 Å². The molecule has 0 unspecified atom stereocenters. The van der Waals surface area contributed by atoms with Crippen molar-refractivity contribution in [2.24, 2.45) is 11.7 Å². The smallest absolute Gasteiger partial charge is 0.246 e. The number of sulfonamides is 1. The van der Waals surface area contributed by atoms with Gasteiger partial charge in [0.1, 0.15) is 10.6 Å². The molecule has 2 N–H and O–H groups in total. The third kappa shape index (κ3) is 3.79. The summed E-state index contributed by atoms with van der Waals surface area (Å²) in [6.45, 7) is 4.45. The van der Waals surface area contributed by atoms with Gasteiger partial charge in [0, 0.05) is 24.0 Å². The molecular weight excluding hydrogens is 340 g/mol. The number of rotatable bonds is 5. The zero-order chi connectivity index (χ0) is 17.2. The predicted octanol–water partition coefficient (Wildman–Crippen LogP) is 1.93. The summed E-state index contributed by atoms with van der Waals surface area (Å²) in [5.74, 6) is -0.351. The van der Waals surface area contributed by atoms with E-state index in [4.69, 9.17) is 22.1 Å². The van der Waals surface area contributed by atoms with Crippen LogP contribution in [0.3, 0.4) is 0 Å². The molecule has 1 amide bonds. The Morgan fingerprint density at radius 3 is 2.52 bits per heavy atom. The van der Waals surface area contributed by atoms with Crippen LogP contribution in [-0.4, -0.2) is 38.3 Å². The maximum Gasteiger partial charge on any atom is 0.246 e. The summed E-state index contributed by atoms with van der Waals surface area (Å²) >= 11 is 6.10. The lowest BCUT2D eigenvalue weighted by Crippen LogP contribution is -2.41. The van der Waals surface area contributed by atoms with Gasteiger partial charge in [0.15, 0.2) is 0 Å². The van der Waals surface area contributed by atoms with Crippen molar-refractivity contribution in [2.45, 2.75) is 31.6 Å². The Balaban J connectivity index is 2.33. The zero-order valence-electron chi connectivity index (χ0n) is 13.2. The quantitative estimate of drug-likeness (QED) is 0.868. The van der Waals surface area contributed by atoms with Crippen molar-refractivity contribution in [1.82, 2.24) is 4.31 Å². The highest BCUT2D eigenvalue weighted by Gasteiger charge is 2.33. The largest absolute Gasteiger partial charge is 0.492 e. The maximum atomic E-state index is 12.9. The highest BCUT2D eigenvalue weighted by molar-refractivity contribution is 7.89. The molecule has 0 aromatic heterocycles. The van der Waals surface area contributed by atoms with Crippen molar-refractivity contribution in [1.29, 1.82) is 0 Å². The van der Waals surface area contributed by atoms with Gasteiger partial charge in [-0.3, -0.25) is 4.79 Å². The molecule has 1 aliphatic rings. The first-order chi connectivity index (χ1) is 10.8. The minimum atomic E-state index is -3.73. The van der Waals surface area contributed by atoms with Crippen LogP contribution in [0.5, 0.6) is 5.75 Å². The molecule has 1 saturated heterocycles. The standard InChI is InChI=1S/C15H21ClN2O4S/c1-3-22-13-8-10(2)12(16)9-14(13)23(20,21)18-6-4-11(5-7-18)15(17)19/h8-9,11H,3-7H2,1-2H3,(H2,17,19). The molecular formula is C15H21ClN2O4S. The molecule has 0 radical (unpaired) electrons. The Hall–Kier alpha value is -1.31. The van der Waals surface area contributed by atoms with Crippen molar-refractivity contribution in [3.8, 4) is 5.75 Å². The number of nitrogens with two attached hydrogens (primary N) is 1. The Labute approximate surface area is 141 Å². The molecule has 8 heteroatoms. The molecule has 1 heterocycles. The summed E-state index contributed by atoms with van der Waals surface area (Å²) in [6, 6.07) is 3.06. The maximum absolute atomic E-state index is 12.9. The number of aryl methyl sites for hydroxylation is 1. The number of benzene rings is 1. The third-order valence-electron chi connectivity index (χ3n) is 4.00. The van der Waals surface area contributed by atoms with E-state index in [-0.39, 0.29) is 29.8 Å². The van der Waals surface area contributed by atoms with Gasteiger partial charge < -0.3 is 10.5 Å². The lowest BCUT2D eigenvalue weighted by molar-refractivity contribution is -0.122. The number of halogens is 1. The molecule has 0 aliphatic carbocycles. The summed E-state index contributed by atoms with van der Waals surface area (Å²) in [5.41, 5.74) is 6.04. The van der Waals surface area contributed by atoms with E-state index in [1.54, 1.807) is 19.9 Å². The van der Waals surface area contributed by atoms with E-state index in [1.165, 1.54) is 10.4 Å². The predicted molar refractivity (Wildman–Crippen MR) is 88.0 cm³/mol. The average Bonchev–Trinajstić information content (AvgIpc) is 2.51. The first kappa shape index (κ1) is 18.0. The first-order valence-corrected chi connectivity index (χ1v) is 9.31. The summed E-state index contributed by atoms with van der Waals surface area (Å²) in [6.07, 6.45) is 0.857. The van der Waals surface area contributed by atoms with E-state index in [0.717, 1.165) is 5.56 Å². The van der Waals surface area contributed by atoms with Crippen LogP contribution in [0, 0.1) is 12.8 Å². The minimum Gasteiger partial charge on any atom is -0.492 e. The van der Waals surface area contributed by atoms with Crippen molar-refractivity contribution in [2.75, 3.05) is 19.7 Å². The zero-order valence-corrected chi connectivity index (χ0v) is 14.8. The van der Waals surface area contributed by atoms with Crippen LogP contribution in [0.15, 0.2) is 17.0 Å². The highest BCUT2D eigenvalue weighted by Crippen LogP contribution is 2.33. The van der Waals surface area contributed by atoms with Gasteiger partial charge in [0.25, 0.3) is 0 Å². The second kappa shape index (κ2) is 7.07. The van der Waals surface area contributed by atoms with E-state index in [2.05, 4.69) is 0 Å². The van der Waals surface area contributed by atoms with Gasteiger partial charge in [-0.25, -0.2) is 8.42 Å². The molecule has 0 saturated carbocycles. The Bertz CT molecular complexity index is 698. The summed E-state index contributed by atoms with van der Waals surface area (Å²) in [7, 11) is -3.73. The topological polar surface area (TPSA) is 89.7 Å². The molecule has 1 fully saturated rings. The van der Waals surface area contributed by atoms with E-state index in [1.807, 2.05) is 0 Å². The summed E-state index contributed by atoms with van der Waals surface area (Å²) < 4.78 is 32.6. The van der Waals surface area contributed by atoms with Gasteiger partial charge in [0.2, 0.25) is 15.9 Å². The fraction of sp³-hybridized carbons (Fsp3) is 0.533. The molecule has 0 spiro atoms. The molecule has 6 nitrogen and oxygen atoms in total. The monoisotopic (exact) mass is 360 g/mol. The average molecular weight is 361 g/mol. The fourth-order valence-electron chi connectivity index (χ4n) is 2.63. The van der Waals surface area contributed by atoms with Crippen LogP contribution in [0.4, 0.5) is 0 Å². The van der Waals surface area contributed by atoms with E-state index < -0.39 is 10.0 Å². The number of nitrogens with zero attached hydrogens (tertiary/aromatic N) is 1. The molecule has 1 aliphatic heterocycles. The van der Waals surface area contributed by atoms with Crippen molar-refractivity contribution in [3.63, 3.8) is 0 Å². The van der Waals surface area contributed by atoms with Gasteiger partial charge in [-0.1, -0.05) is 11.6 Å². The van der Waals surface area contributed by atoms with Crippen LogP contribution in [-0.2, 0) is 14.8 Å². The number of hydrogen-bond acceptors (Lipinski definition) is 4. The van der Waals surface area contributed by atoms with E-state index in [9.17, 15) is 13.2 Å².